The third-order valence-electron chi connectivity index (χ3n) is 3.62. The second-order valence-corrected chi connectivity index (χ2v) is 9.32. The largest absolute Gasteiger partial charge is 0.417 e. The number of sulfonamides is 1. The van der Waals surface area contributed by atoms with Crippen molar-refractivity contribution in [3.8, 4) is 11.1 Å². The lowest BCUT2D eigenvalue weighted by atomic mass is 9.97. The number of nitrogens with one attached hydrogen (secondary N) is 1. The van der Waals surface area contributed by atoms with Crippen molar-refractivity contribution < 1.29 is 21.6 Å². The first-order valence-electron chi connectivity index (χ1n) is 7.93. The van der Waals surface area contributed by atoms with E-state index in [1.807, 2.05) is 0 Å². The Balaban J connectivity index is 2.74. The molecule has 2 aromatic carbocycles. The lowest BCUT2D eigenvalue weighted by Crippen LogP contribution is -2.40. The van der Waals surface area contributed by atoms with E-state index in [0.717, 1.165) is 6.07 Å². The van der Waals surface area contributed by atoms with Crippen LogP contribution in [0.1, 0.15) is 31.9 Å². The van der Waals surface area contributed by atoms with Crippen molar-refractivity contribution in [2.75, 3.05) is 5.73 Å². The molecular formula is C18H20ClF3N2O2S. The van der Waals surface area contributed by atoms with E-state index in [1.165, 1.54) is 24.3 Å². The average molecular weight is 421 g/mol. The molecule has 0 atom stereocenters. The number of rotatable bonds is 3. The number of hydrogen-bond donors (Lipinski definition) is 2. The number of benzene rings is 2. The molecule has 2 rings (SSSR count). The highest BCUT2D eigenvalue weighted by Crippen LogP contribution is 2.43. The predicted octanol–water partition coefficient (Wildman–Crippen LogP) is 4.99. The lowest BCUT2D eigenvalue weighted by molar-refractivity contribution is -0.137. The molecule has 0 radical (unpaired) electrons. The summed E-state index contributed by atoms with van der Waals surface area (Å²) in [6, 6.07) is 6.02. The maximum absolute atomic E-state index is 13.5. The third-order valence-corrected chi connectivity index (χ3v) is 5.82. The molecule has 0 spiro atoms. The molecule has 3 N–H and O–H groups in total. The van der Waals surface area contributed by atoms with Crippen molar-refractivity contribution in [1.82, 2.24) is 4.72 Å². The van der Waals surface area contributed by atoms with Crippen LogP contribution < -0.4 is 10.5 Å². The van der Waals surface area contributed by atoms with Gasteiger partial charge in [0.1, 0.15) is 0 Å². The number of nitrogen functional groups attached to an aromatic ring is 1. The molecule has 0 bridgehead atoms. The molecule has 0 heterocycles. The van der Waals surface area contributed by atoms with E-state index in [2.05, 4.69) is 4.72 Å². The van der Waals surface area contributed by atoms with E-state index in [0.29, 0.717) is 5.56 Å². The minimum Gasteiger partial charge on any atom is -0.399 e. The van der Waals surface area contributed by atoms with Crippen LogP contribution in [0, 0.1) is 6.92 Å². The monoisotopic (exact) mass is 420 g/mol. The van der Waals surface area contributed by atoms with Crippen molar-refractivity contribution in [2.24, 2.45) is 0 Å². The maximum Gasteiger partial charge on any atom is 0.417 e. The second kappa shape index (κ2) is 7.00. The molecule has 0 saturated heterocycles. The maximum atomic E-state index is 13.5. The SMILES string of the molecule is Cc1ccc(-c2c(Cl)cc(N)cc2C(F)(F)F)cc1S(=O)(=O)NC(C)(C)C. The Morgan fingerprint density at radius 3 is 2.19 bits per heavy atom. The van der Waals surface area contributed by atoms with Crippen LogP contribution in [-0.2, 0) is 16.2 Å². The van der Waals surface area contributed by atoms with E-state index in [1.54, 1.807) is 27.7 Å². The normalized spacial score (nSPS) is 13.0. The van der Waals surface area contributed by atoms with Crippen LogP contribution in [0.25, 0.3) is 11.1 Å². The molecule has 0 aliphatic rings. The van der Waals surface area contributed by atoms with Crippen LogP contribution in [0.15, 0.2) is 35.2 Å². The highest BCUT2D eigenvalue weighted by molar-refractivity contribution is 7.89. The molecule has 0 aromatic heterocycles. The smallest absolute Gasteiger partial charge is 0.399 e. The summed E-state index contributed by atoms with van der Waals surface area (Å²) in [6.07, 6.45) is -4.71. The minimum atomic E-state index is -4.71. The van der Waals surface area contributed by atoms with Gasteiger partial charge in [-0.25, -0.2) is 13.1 Å². The highest BCUT2D eigenvalue weighted by Gasteiger charge is 2.35. The molecule has 27 heavy (non-hydrogen) atoms. The van der Waals surface area contributed by atoms with Crippen molar-refractivity contribution >= 4 is 27.3 Å². The van der Waals surface area contributed by atoms with Crippen LogP contribution >= 0.6 is 11.6 Å². The molecule has 0 unspecified atom stereocenters. The van der Waals surface area contributed by atoms with Gasteiger partial charge in [0.05, 0.1) is 15.5 Å². The summed E-state index contributed by atoms with van der Waals surface area (Å²) >= 11 is 6.04. The van der Waals surface area contributed by atoms with Crippen LogP contribution in [-0.4, -0.2) is 14.0 Å². The summed E-state index contributed by atoms with van der Waals surface area (Å²) in [7, 11) is -3.95. The van der Waals surface area contributed by atoms with Crippen LogP contribution in [0.5, 0.6) is 0 Å². The summed E-state index contributed by atoms with van der Waals surface area (Å²) in [5, 5.41) is -0.210. The quantitative estimate of drug-likeness (QED) is 0.687. The van der Waals surface area contributed by atoms with E-state index in [-0.39, 0.29) is 26.7 Å². The first kappa shape index (κ1) is 21.5. The summed E-state index contributed by atoms with van der Waals surface area (Å²) in [6.45, 7) is 6.57. The zero-order valence-corrected chi connectivity index (χ0v) is 16.8. The van der Waals surface area contributed by atoms with Gasteiger partial charge in [-0.1, -0.05) is 23.7 Å². The highest BCUT2D eigenvalue weighted by atomic mass is 35.5. The Kier molecular flexibility index (Phi) is 5.58. The fourth-order valence-electron chi connectivity index (χ4n) is 2.65. The summed E-state index contributed by atoms with van der Waals surface area (Å²) in [4.78, 5) is -0.115. The van der Waals surface area contributed by atoms with Gasteiger partial charge in [-0.05, 0) is 57.0 Å². The number of halogens is 4. The lowest BCUT2D eigenvalue weighted by Gasteiger charge is -2.22. The van der Waals surface area contributed by atoms with Gasteiger partial charge in [-0.3, -0.25) is 0 Å². The summed E-state index contributed by atoms with van der Waals surface area (Å²) in [5.74, 6) is 0. The van der Waals surface area contributed by atoms with Crippen molar-refractivity contribution in [2.45, 2.75) is 44.3 Å². The number of hydrogen-bond acceptors (Lipinski definition) is 3. The molecule has 4 nitrogen and oxygen atoms in total. The third kappa shape index (κ3) is 4.94. The Morgan fingerprint density at radius 2 is 1.67 bits per heavy atom. The molecule has 2 aromatic rings. The second-order valence-electron chi connectivity index (χ2n) is 7.26. The molecule has 0 aliphatic heterocycles. The van der Waals surface area contributed by atoms with Crippen LogP contribution in [0.4, 0.5) is 18.9 Å². The fourth-order valence-corrected chi connectivity index (χ4v) is 4.67. The number of aryl methyl sites for hydroxylation is 1. The zero-order chi connectivity index (χ0) is 20.8. The van der Waals surface area contributed by atoms with Gasteiger partial charge in [-0.15, -0.1) is 0 Å². The van der Waals surface area contributed by atoms with Gasteiger partial charge in [0.15, 0.2) is 0 Å². The molecule has 148 valence electrons. The van der Waals surface area contributed by atoms with Gasteiger partial charge in [-0.2, -0.15) is 13.2 Å². The number of alkyl halides is 3. The Labute approximate surface area is 161 Å². The van der Waals surface area contributed by atoms with Gasteiger partial charge in [0.2, 0.25) is 10.0 Å². The molecule has 0 amide bonds. The zero-order valence-electron chi connectivity index (χ0n) is 15.2. The van der Waals surface area contributed by atoms with E-state index >= 15 is 0 Å². The van der Waals surface area contributed by atoms with Crippen LogP contribution in [0.2, 0.25) is 5.02 Å². The summed E-state index contributed by atoms with van der Waals surface area (Å²) in [5.41, 5.74) is 3.71. The summed E-state index contributed by atoms with van der Waals surface area (Å²) < 4.78 is 68.3. The Morgan fingerprint density at radius 1 is 1.07 bits per heavy atom. The minimum absolute atomic E-state index is 0.0345. The Hall–Kier alpha value is -1.77. The van der Waals surface area contributed by atoms with Gasteiger partial charge >= 0.3 is 6.18 Å². The average Bonchev–Trinajstić information content (AvgIpc) is 2.43. The number of anilines is 1. The number of nitrogens with two attached hydrogens (primary N) is 1. The van der Waals surface area contributed by atoms with Crippen molar-refractivity contribution in [3.05, 3.63) is 46.5 Å². The van der Waals surface area contributed by atoms with Crippen molar-refractivity contribution in [3.63, 3.8) is 0 Å². The molecule has 0 saturated carbocycles. The Bertz CT molecular complexity index is 981. The molecule has 0 fully saturated rings. The van der Waals surface area contributed by atoms with E-state index < -0.39 is 27.3 Å². The first-order chi connectivity index (χ1) is 12.1. The van der Waals surface area contributed by atoms with Gasteiger partial charge < -0.3 is 5.73 Å². The fraction of sp³-hybridized carbons (Fsp3) is 0.333. The van der Waals surface area contributed by atoms with E-state index in [9.17, 15) is 21.6 Å². The molecule has 0 aliphatic carbocycles. The van der Waals surface area contributed by atoms with Gasteiger partial charge in [0.25, 0.3) is 0 Å². The molecular weight excluding hydrogens is 401 g/mol. The molecule has 9 heteroatoms. The standard InChI is InChI=1S/C18H20ClF3N2O2S/c1-10-5-6-11(7-15(10)27(25,26)24-17(2,3)4)16-13(18(20,21)22)8-12(23)9-14(16)19/h5-9,24H,23H2,1-4H3. The van der Waals surface area contributed by atoms with E-state index in [4.69, 9.17) is 17.3 Å². The predicted molar refractivity (Wildman–Crippen MR) is 101 cm³/mol. The topological polar surface area (TPSA) is 72.2 Å². The van der Waals surface area contributed by atoms with Crippen molar-refractivity contribution in [1.29, 1.82) is 0 Å². The first-order valence-corrected chi connectivity index (χ1v) is 9.79. The van der Waals surface area contributed by atoms with Crippen LogP contribution in [0.3, 0.4) is 0 Å². The van der Waals surface area contributed by atoms with Gasteiger partial charge in [0, 0.05) is 16.8 Å².